The van der Waals surface area contributed by atoms with Crippen LogP contribution in [-0.4, -0.2) is 41.0 Å². The number of benzene rings is 1. The van der Waals surface area contributed by atoms with Gasteiger partial charge in [-0.3, -0.25) is 4.79 Å². The van der Waals surface area contributed by atoms with Gasteiger partial charge in [-0.2, -0.15) is 0 Å². The second kappa shape index (κ2) is 7.55. The minimum Gasteiger partial charge on any atom is -0.462 e. The van der Waals surface area contributed by atoms with Crippen LogP contribution in [0, 0.1) is 6.92 Å². The van der Waals surface area contributed by atoms with Crippen LogP contribution in [-0.2, 0) is 9.53 Å². The Labute approximate surface area is 166 Å². The molecule has 7 nitrogen and oxygen atoms in total. The number of anilines is 2. The molecule has 1 amide bonds. The summed E-state index contributed by atoms with van der Waals surface area (Å²) < 4.78 is 5.13. The molecule has 1 aliphatic rings. The first-order valence-corrected chi connectivity index (χ1v) is 9.96. The molecular weight excluding hydrogens is 376 g/mol. The van der Waals surface area contributed by atoms with Gasteiger partial charge in [-0.15, -0.1) is 11.3 Å². The summed E-state index contributed by atoms with van der Waals surface area (Å²) in [5, 5.41) is 4.04. The second-order valence-corrected chi connectivity index (χ2v) is 7.49. The Morgan fingerprint density at radius 2 is 2.11 bits per heavy atom. The molecule has 1 atom stereocenters. The van der Waals surface area contributed by atoms with Gasteiger partial charge < -0.3 is 15.0 Å². The average molecular weight is 396 g/mol. The van der Waals surface area contributed by atoms with Crippen LogP contribution in [0.25, 0.3) is 10.2 Å². The highest BCUT2D eigenvalue weighted by molar-refractivity contribution is 7.20. The van der Waals surface area contributed by atoms with E-state index in [-0.39, 0.29) is 17.9 Å². The van der Waals surface area contributed by atoms with Gasteiger partial charge in [0.25, 0.3) is 0 Å². The Hall–Kier alpha value is -3.00. The summed E-state index contributed by atoms with van der Waals surface area (Å²) in [5.74, 6) is 0.222. The van der Waals surface area contributed by atoms with Gasteiger partial charge in [0.15, 0.2) is 0 Å². The molecule has 1 saturated heterocycles. The van der Waals surface area contributed by atoms with Crippen molar-refractivity contribution >= 4 is 44.9 Å². The summed E-state index contributed by atoms with van der Waals surface area (Å²) in [4.78, 5) is 36.7. The highest BCUT2D eigenvalue weighted by atomic mass is 32.1. The van der Waals surface area contributed by atoms with Gasteiger partial charge in [0, 0.05) is 12.2 Å². The van der Waals surface area contributed by atoms with Crippen molar-refractivity contribution in [3.05, 3.63) is 47.1 Å². The van der Waals surface area contributed by atoms with Gasteiger partial charge in [-0.05, 0) is 38.0 Å². The number of hydrogen-bond acceptors (Lipinski definition) is 7. The van der Waals surface area contributed by atoms with Crippen LogP contribution in [0.4, 0.5) is 11.5 Å². The highest BCUT2D eigenvalue weighted by Gasteiger charge is 2.33. The van der Waals surface area contributed by atoms with Crippen LogP contribution in [0.15, 0.2) is 36.7 Å². The third-order valence-corrected chi connectivity index (χ3v) is 5.95. The highest BCUT2D eigenvalue weighted by Crippen LogP contribution is 2.34. The van der Waals surface area contributed by atoms with E-state index in [4.69, 9.17) is 4.74 Å². The van der Waals surface area contributed by atoms with Crippen LogP contribution in [0.5, 0.6) is 0 Å². The first-order chi connectivity index (χ1) is 13.6. The van der Waals surface area contributed by atoms with Crippen LogP contribution in [0.3, 0.4) is 0 Å². The second-order valence-electron chi connectivity index (χ2n) is 6.49. The van der Waals surface area contributed by atoms with E-state index in [1.807, 2.05) is 37.3 Å². The zero-order chi connectivity index (χ0) is 19.7. The summed E-state index contributed by atoms with van der Waals surface area (Å²) >= 11 is 1.28. The molecular formula is C20H20N4O3S. The number of nitrogens with zero attached hydrogens (tertiary/aromatic N) is 3. The number of carbonyl (C=O) groups excluding carboxylic acids is 2. The Morgan fingerprint density at radius 1 is 1.32 bits per heavy atom. The Balaban J connectivity index is 1.62. The van der Waals surface area contributed by atoms with Gasteiger partial charge in [-0.1, -0.05) is 18.2 Å². The average Bonchev–Trinajstić information content (AvgIpc) is 3.24. The maximum Gasteiger partial charge on any atom is 0.348 e. The van der Waals surface area contributed by atoms with Crippen molar-refractivity contribution in [2.75, 3.05) is 23.4 Å². The number of carbonyl (C=O) groups is 2. The fourth-order valence-electron chi connectivity index (χ4n) is 3.42. The lowest BCUT2D eigenvalue weighted by atomic mass is 10.2. The number of fused-ring (bicyclic) bond motifs is 1. The molecule has 8 heteroatoms. The molecule has 3 aromatic rings. The number of amides is 1. The van der Waals surface area contributed by atoms with Gasteiger partial charge in [0.05, 0.1) is 12.0 Å². The standard InChI is InChI=1S/C20H20N4O3S/c1-3-27-20(26)16-12(2)15-17(21-11-22-18(15)28-16)23-14-9-10-24(19(14)25)13-7-5-4-6-8-13/h4-8,11,14H,3,9-10H2,1-2H3,(H,21,22,23). The molecule has 144 valence electrons. The zero-order valence-corrected chi connectivity index (χ0v) is 16.5. The van der Waals surface area contributed by atoms with Gasteiger partial charge in [0.2, 0.25) is 5.91 Å². The monoisotopic (exact) mass is 396 g/mol. The van der Waals surface area contributed by atoms with Crippen LogP contribution in [0.2, 0.25) is 0 Å². The predicted octanol–water partition coefficient (Wildman–Crippen LogP) is 3.39. The summed E-state index contributed by atoms with van der Waals surface area (Å²) in [6.45, 7) is 4.59. The van der Waals surface area contributed by atoms with Crippen molar-refractivity contribution in [1.82, 2.24) is 9.97 Å². The molecule has 3 heterocycles. The number of para-hydroxylation sites is 1. The van der Waals surface area contributed by atoms with E-state index in [0.29, 0.717) is 35.1 Å². The molecule has 0 bridgehead atoms. The molecule has 4 rings (SSSR count). The van der Waals surface area contributed by atoms with Crippen molar-refractivity contribution in [2.45, 2.75) is 26.3 Å². The largest absolute Gasteiger partial charge is 0.462 e. The summed E-state index contributed by atoms with van der Waals surface area (Å²) in [5.41, 5.74) is 1.66. The van der Waals surface area contributed by atoms with Crippen molar-refractivity contribution in [2.24, 2.45) is 0 Å². The first kappa shape index (κ1) is 18.4. The van der Waals surface area contributed by atoms with Gasteiger partial charge in [-0.25, -0.2) is 14.8 Å². The summed E-state index contributed by atoms with van der Waals surface area (Å²) in [6.07, 6.45) is 2.12. The molecule has 0 spiro atoms. The van der Waals surface area contributed by atoms with Crippen molar-refractivity contribution in [1.29, 1.82) is 0 Å². The van der Waals surface area contributed by atoms with Crippen LogP contribution >= 0.6 is 11.3 Å². The molecule has 1 aliphatic heterocycles. The molecule has 0 saturated carbocycles. The SMILES string of the molecule is CCOC(=O)c1sc2ncnc(NC3CCN(c4ccccc4)C3=O)c2c1C. The number of ether oxygens (including phenoxy) is 1. The van der Waals surface area contributed by atoms with E-state index in [2.05, 4.69) is 15.3 Å². The Morgan fingerprint density at radius 3 is 2.86 bits per heavy atom. The van der Waals surface area contributed by atoms with Crippen LogP contribution < -0.4 is 10.2 Å². The maximum absolute atomic E-state index is 12.9. The minimum absolute atomic E-state index is 0.0106. The molecule has 1 unspecified atom stereocenters. The molecule has 2 aromatic heterocycles. The zero-order valence-electron chi connectivity index (χ0n) is 15.6. The summed E-state index contributed by atoms with van der Waals surface area (Å²) in [6, 6.07) is 9.25. The third kappa shape index (κ3) is 3.20. The fraction of sp³-hybridized carbons (Fsp3) is 0.300. The van der Waals surface area contributed by atoms with Crippen molar-refractivity contribution in [3.63, 3.8) is 0 Å². The number of nitrogens with one attached hydrogen (secondary N) is 1. The smallest absolute Gasteiger partial charge is 0.348 e. The first-order valence-electron chi connectivity index (χ1n) is 9.14. The van der Waals surface area contributed by atoms with Crippen molar-refractivity contribution < 1.29 is 14.3 Å². The van der Waals surface area contributed by atoms with Gasteiger partial charge in [0.1, 0.15) is 27.9 Å². The minimum atomic E-state index is -0.372. The quantitative estimate of drug-likeness (QED) is 0.666. The molecule has 1 fully saturated rings. The number of hydrogen-bond donors (Lipinski definition) is 1. The number of aryl methyl sites for hydroxylation is 1. The van der Waals surface area contributed by atoms with Crippen molar-refractivity contribution in [3.8, 4) is 0 Å². The van der Waals surface area contributed by atoms with E-state index in [9.17, 15) is 9.59 Å². The lowest BCUT2D eigenvalue weighted by Crippen LogP contribution is -2.33. The van der Waals surface area contributed by atoms with E-state index >= 15 is 0 Å². The van der Waals surface area contributed by atoms with E-state index in [0.717, 1.165) is 16.6 Å². The number of aromatic nitrogens is 2. The molecule has 0 aliphatic carbocycles. The van der Waals surface area contributed by atoms with E-state index < -0.39 is 0 Å². The molecule has 28 heavy (non-hydrogen) atoms. The lowest BCUT2D eigenvalue weighted by molar-refractivity contribution is -0.117. The summed E-state index contributed by atoms with van der Waals surface area (Å²) in [7, 11) is 0. The van der Waals surface area contributed by atoms with Crippen LogP contribution in [0.1, 0.15) is 28.6 Å². The predicted molar refractivity (Wildman–Crippen MR) is 109 cm³/mol. The fourth-order valence-corrected chi connectivity index (χ4v) is 4.46. The third-order valence-electron chi connectivity index (χ3n) is 4.77. The lowest BCUT2D eigenvalue weighted by Gasteiger charge is -2.17. The topological polar surface area (TPSA) is 84.4 Å². The molecule has 0 radical (unpaired) electrons. The number of rotatable bonds is 5. The van der Waals surface area contributed by atoms with E-state index in [1.54, 1.807) is 11.8 Å². The molecule has 1 aromatic carbocycles. The maximum atomic E-state index is 12.9. The Kier molecular flexibility index (Phi) is 4.95. The Bertz CT molecular complexity index is 1030. The van der Waals surface area contributed by atoms with E-state index in [1.165, 1.54) is 17.7 Å². The normalized spacial score (nSPS) is 16.6. The number of esters is 1. The number of thiophene rings is 1. The van der Waals surface area contributed by atoms with Gasteiger partial charge >= 0.3 is 5.97 Å². The molecule has 1 N–H and O–H groups in total.